The van der Waals surface area contributed by atoms with Gasteiger partial charge in [0.05, 0.1) is 18.4 Å². The van der Waals surface area contributed by atoms with Crippen molar-refractivity contribution >= 4 is 17.2 Å². The Morgan fingerprint density at radius 1 is 1.18 bits per heavy atom. The molecule has 0 radical (unpaired) electrons. The SMILES string of the molecule is C[C@@H]1CNC[C@H](C2C=CC(c3ccc(N(C)CCN(C)C(=O)C4CC4)cc[nH]nc3)=CC2)O1. The van der Waals surface area contributed by atoms with E-state index in [1.807, 2.05) is 30.4 Å². The minimum Gasteiger partial charge on any atom is -0.373 e. The summed E-state index contributed by atoms with van der Waals surface area (Å²) in [6, 6.07) is 6.24. The number of nitrogens with one attached hydrogen (secondary N) is 2. The largest absolute Gasteiger partial charge is 0.373 e. The molecular weight excluding hydrogens is 414 g/mol. The number of amides is 1. The highest BCUT2D eigenvalue weighted by Gasteiger charge is 2.31. The van der Waals surface area contributed by atoms with E-state index in [9.17, 15) is 4.79 Å². The Morgan fingerprint density at radius 2 is 2.03 bits per heavy atom. The van der Waals surface area contributed by atoms with Crippen LogP contribution >= 0.6 is 0 Å². The summed E-state index contributed by atoms with van der Waals surface area (Å²) in [7, 11) is 3.96. The maximum Gasteiger partial charge on any atom is 0.225 e. The number of hydrogen-bond donors (Lipinski definition) is 2. The number of H-pyrrole nitrogens is 1. The van der Waals surface area contributed by atoms with Crippen LogP contribution in [-0.4, -0.2) is 73.5 Å². The van der Waals surface area contributed by atoms with E-state index in [1.165, 1.54) is 5.57 Å². The number of aromatic amines is 1. The Labute approximate surface area is 197 Å². The van der Waals surface area contributed by atoms with Gasteiger partial charge in [-0.15, -0.1) is 0 Å². The first kappa shape index (κ1) is 23.5. The second-order valence-electron chi connectivity index (χ2n) is 9.45. The number of allylic oxidation sites excluding steroid dienone is 3. The molecule has 0 aromatic carbocycles. The summed E-state index contributed by atoms with van der Waals surface area (Å²) < 4.78 is 6.13. The number of anilines is 1. The topological polar surface area (TPSA) is 73.5 Å². The second-order valence-corrected chi connectivity index (χ2v) is 9.45. The molecule has 178 valence electrons. The zero-order chi connectivity index (χ0) is 23.2. The first-order chi connectivity index (χ1) is 16.0. The van der Waals surface area contributed by atoms with E-state index in [2.05, 4.69) is 64.7 Å². The van der Waals surface area contributed by atoms with Gasteiger partial charge in [0, 0.05) is 69.6 Å². The molecule has 0 spiro atoms. The number of nitrogens with zero attached hydrogens (tertiary/aromatic N) is 3. The molecule has 2 fully saturated rings. The van der Waals surface area contributed by atoms with E-state index in [4.69, 9.17) is 4.74 Å². The highest BCUT2D eigenvalue weighted by atomic mass is 16.5. The van der Waals surface area contributed by atoms with Gasteiger partial charge in [-0.05, 0) is 43.9 Å². The molecule has 2 heterocycles. The minimum absolute atomic E-state index is 0.224. The first-order valence-electron chi connectivity index (χ1n) is 12.1. The van der Waals surface area contributed by atoms with Crippen molar-refractivity contribution in [3.8, 4) is 0 Å². The average Bonchev–Trinajstić information content (AvgIpc) is 3.66. The summed E-state index contributed by atoms with van der Waals surface area (Å²) in [5.74, 6) is 0.931. The molecule has 3 aliphatic rings. The fraction of sp³-hybridized carbons (Fsp3) is 0.538. The van der Waals surface area contributed by atoms with Crippen molar-refractivity contribution in [3.05, 3.63) is 54.4 Å². The lowest BCUT2D eigenvalue weighted by molar-refractivity contribution is -0.131. The Hall–Kier alpha value is -2.64. The number of aromatic nitrogens is 2. The van der Waals surface area contributed by atoms with Crippen LogP contribution in [0.15, 0.2) is 48.8 Å². The third-order valence-electron chi connectivity index (χ3n) is 6.68. The van der Waals surface area contributed by atoms with Crippen molar-refractivity contribution in [2.24, 2.45) is 11.8 Å². The van der Waals surface area contributed by atoms with Crippen molar-refractivity contribution in [1.29, 1.82) is 0 Å². The molecule has 2 N–H and O–H groups in total. The zero-order valence-corrected chi connectivity index (χ0v) is 20.0. The molecule has 0 bridgehead atoms. The van der Waals surface area contributed by atoms with Gasteiger partial charge < -0.3 is 19.9 Å². The zero-order valence-electron chi connectivity index (χ0n) is 20.0. The second kappa shape index (κ2) is 11.0. The normalized spacial score (nSPS) is 24.6. The molecule has 1 amide bonds. The van der Waals surface area contributed by atoms with Crippen molar-refractivity contribution in [2.75, 3.05) is 45.2 Å². The molecule has 1 aromatic rings. The number of hydrogen-bond acceptors (Lipinski definition) is 5. The van der Waals surface area contributed by atoms with Gasteiger partial charge in [-0.1, -0.05) is 24.3 Å². The quantitative estimate of drug-likeness (QED) is 0.666. The van der Waals surface area contributed by atoms with Crippen LogP contribution in [0.25, 0.3) is 5.57 Å². The molecule has 1 aliphatic heterocycles. The summed E-state index contributed by atoms with van der Waals surface area (Å²) in [5, 5.41) is 10.8. The molecule has 1 unspecified atom stereocenters. The fourth-order valence-corrected chi connectivity index (χ4v) is 4.36. The summed E-state index contributed by atoms with van der Waals surface area (Å²) in [5.41, 5.74) is 3.29. The standard InChI is InChI=1S/C26H37N5O2/c1-19-16-27-18-25(33-19)21-6-4-20(5-7-21)23-10-11-24(12-13-28-29-17-23)30(2)14-15-31(3)26(32)22-8-9-22/h4-6,10-13,17,19,21-22,25,27-28H,7-9,14-16,18H2,1-3H3/t19-,21?,25-/m1/s1. The highest BCUT2D eigenvalue weighted by Crippen LogP contribution is 2.30. The van der Waals surface area contributed by atoms with Crippen molar-refractivity contribution in [2.45, 2.75) is 38.4 Å². The van der Waals surface area contributed by atoms with Crippen LogP contribution in [-0.2, 0) is 9.53 Å². The Morgan fingerprint density at radius 3 is 2.76 bits per heavy atom. The summed E-state index contributed by atoms with van der Waals surface area (Å²) in [4.78, 5) is 16.2. The number of likely N-dealkylation sites (N-methyl/N-ethyl adjacent to an activating group) is 2. The predicted molar refractivity (Wildman–Crippen MR) is 132 cm³/mol. The summed E-state index contributed by atoms with van der Waals surface area (Å²) >= 11 is 0. The fourth-order valence-electron chi connectivity index (χ4n) is 4.36. The lowest BCUT2D eigenvalue weighted by Crippen LogP contribution is -2.46. The lowest BCUT2D eigenvalue weighted by atomic mass is 9.89. The van der Waals surface area contributed by atoms with Crippen molar-refractivity contribution in [1.82, 2.24) is 20.4 Å². The van der Waals surface area contributed by atoms with Gasteiger partial charge in [0.2, 0.25) is 5.91 Å². The Kier molecular flexibility index (Phi) is 7.83. The van der Waals surface area contributed by atoms with E-state index < -0.39 is 0 Å². The maximum atomic E-state index is 12.2. The molecule has 1 saturated heterocycles. The number of carbonyl (C=O) groups excluding carboxylic acids is 1. The van der Waals surface area contributed by atoms with E-state index in [1.54, 1.807) is 0 Å². The van der Waals surface area contributed by atoms with Crippen LogP contribution in [0.3, 0.4) is 0 Å². The summed E-state index contributed by atoms with van der Waals surface area (Å²) in [6.07, 6.45) is 14.0. The Balaban J connectivity index is 1.41. The van der Waals surface area contributed by atoms with Gasteiger partial charge in [-0.25, -0.2) is 0 Å². The van der Waals surface area contributed by atoms with E-state index in [0.717, 1.165) is 50.1 Å². The van der Waals surface area contributed by atoms with Crippen LogP contribution in [0.2, 0.25) is 0 Å². The van der Waals surface area contributed by atoms with Gasteiger partial charge in [0.15, 0.2) is 0 Å². The smallest absolute Gasteiger partial charge is 0.225 e. The third kappa shape index (κ3) is 6.45. The van der Waals surface area contributed by atoms with E-state index in [-0.39, 0.29) is 24.0 Å². The van der Waals surface area contributed by atoms with Gasteiger partial charge in [0.25, 0.3) is 0 Å². The maximum absolute atomic E-state index is 12.2. The van der Waals surface area contributed by atoms with E-state index in [0.29, 0.717) is 12.5 Å². The highest BCUT2D eigenvalue weighted by molar-refractivity contribution is 5.80. The number of carbonyl (C=O) groups is 1. The van der Waals surface area contributed by atoms with Gasteiger partial charge in [-0.3, -0.25) is 9.89 Å². The van der Waals surface area contributed by atoms with Crippen molar-refractivity contribution < 1.29 is 9.53 Å². The molecule has 7 heteroatoms. The summed E-state index contributed by atoms with van der Waals surface area (Å²) in [6.45, 7) is 5.43. The Bertz CT molecular complexity index is 934. The molecule has 1 saturated carbocycles. The molecule has 2 aliphatic carbocycles. The van der Waals surface area contributed by atoms with Crippen molar-refractivity contribution in [3.63, 3.8) is 0 Å². The molecular formula is C26H37N5O2. The molecule has 4 rings (SSSR count). The van der Waals surface area contributed by atoms with Crippen LogP contribution < -0.4 is 10.2 Å². The van der Waals surface area contributed by atoms with Gasteiger partial charge in [0.1, 0.15) is 0 Å². The van der Waals surface area contributed by atoms with Gasteiger partial charge in [-0.2, -0.15) is 5.10 Å². The average molecular weight is 452 g/mol. The van der Waals surface area contributed by atoms with Crippen LogP contribution in [0.5, 0.6) is 0 Å². The minimum atomic E-state index is 0.224. The predicted octanol–water partition coefficient (Wildman–Crippen LogP) is 3.18. The molecule has 7 nitrogen and oxygen atoms in total. The first-order valence-corrected chi connectivity index (χ1v) is 12.1. The van der Waals surface area contributed by atoms with E-state index >= 15 is 0 Å². The molecule has 33 heavy (non-hydrogen) atoms. The number of rotatable bonds is 7. The van der Waals surface area contributed by atoms with Crippen LogP contribution in [0.4, 0.5) is 5.69 Å². The number of morpholine rings is 1. The molecule has 3 atom stereocenters. The van der Waals surface area contributed by atoms with Crippen LogP contribution in [0, 0.1) is 11.8 Å². The molecule has 1 aromatic heterocycles. The number of ether oxygens (including phenoxy) is 1. The van der Waals surface area contributed by atoms with Crippen LogP contribution in [0.1, 0.15) is 31.7 Å². The third-order valence-corrected chi connectivity index (χ3v) is 6.68. The monoisotopic (exact) mass is 451 g/mol. The van der Waals surface area contributed by atoms with Gasteiger partial charge >= 0.3 is 0 Å². The lowest BCUT2D eigenvalue weighted by Gasteiger charge is -2.33.